The zero-order chi connectivity index (χ0) is 13.5. The van der Waals surface area contributed by atoms with Gasteiger partial charge in [-0.1, -0.05) is 12.1 Å². The van der Waals surface area contributed by atoms with Crippen LogP contribution < -0.4 is 5.73 Å². The molecule has 1 aromatic rings. The second-order valence-corrected chi connectivity index (χ2v) is 6.37. The summed E-state index contributed by atoms with van der Waals surface area (Å²) in [5.41, 5.74) is 7.06. The molecule has 0 aromatic heterocycles. The van der Waals surface area contributed by atoms with Crippen LogP contribution >= 0.6 is 0 Å². The lowest BCUT2D eigenvalue weighted by molar-refractivity contribution is -0.151. The summed E-state index contributed by atoms with van der Waals surface area (Å²) in [6.45, 7) is 2.82. The van der Waals surface area contributed by atoms with Crippen molar-refractivity contribution >= 4 is 0 Å². The van der Waals surface area contributed by atoms with E-state index in [0.29, 0.717) is 5.92 Å². The van der Waals surface area contributed by atoms with Crippen molar-refractivity contribution in [2.75, 3.05) is 6.61 Å². The van der Waals surface area contributed by atoms with Crippen molar-refractivity contribution in [1.82, 2.24) is 0 Å². The van der Waals surface area contributed by atoms with Crippen LogP contribution in [0.25, 0.3) is 0 Å². The van der Waals surface area contributed by atoms with Crippen molar-refractivity contribution in [1.29, 1.82) is 0 Å². The first-order valence-corrected chi connectivity index (χ1v) is 7.21. The van der Waals surface area contributed by atoms with Gasteiger partial charge in [0.1, 0.15) is 5.82 Å². The molecule has 19 heavy (non-hydrogen) atoms. The molecule has 2 fully saturated rings. The van der Waals surface area contributed by atoms with E-state index in [1.807, 2.05) is 13.0 Å². The van der Waals surface area contributed by atoms with Gasteiger partial charge in [0.05, 0.1) is 5.60 Å². The monoisotopic (exact) mass is 263 g/mol. The lowest BCUT2D eigenvalue weighted by Gasteiger charge is -2.50. The first-order valence-electron chi connectivity index (χ1n) is 7.21. The average Bonchev–Trinajstić information content (AvgIpc) is 2.37. The minimum Gasteiger partial charge on any atom is -0.375 e. The van der Waals surface area contributed by atoms with Crippen LogP contribution in [-0.2, 0) is 10.3 Å². The zero-order valence-electron chi connectivity index (χ0n) is 11.5. The highest BCUT2D eigenvalue weighted by Gasteiger charge is 2.46. The summed E-state index contributed by atoms with van der Waals surface area (Å²) < 4.78 is 19.4. The topological polar surface area (TPSA) is 35.2 Å². The Balaban J connectivity index is 1.83. The highest BCUT2D eigenvalue weighted by Crippen LogP contribution is 2.48. The Morgan fingerprint density at radius 3 is 2.84 bits per heavy atom. The summed E-state index contributed by atoms with van der Waals surface area (Å²) in [7, 11) is 0. The quantitative estimate of drug-likeness (QED) is 0.888. The van der Waals surface area contributed by atoms with Crippen LogP contribution in [0.4, 0.5) is 4.39 Å². The second kappa shape index (κ2) is 4.57. The molecule has 3 rings (SSSR count). The Kier molecular flexibility index (Phi) is 3.14. The predicted molar refractivity (Wildman–Crippen MR) is 73.2 cm³/mol. The number of benzene rings is 1. The molecule has 0 amide bonds. The van der Waals surface area contributed by atoms with Crippen molar-refractivity contribution in [2.24, 2.45) is 11.7 Å². The van der Waals surface area contributed by atoms with Gasteiger partial charge in [0.2, 0.25) is 0 Å². The summed E-state index contributed by atoms with van der Waals surface area (Å²) in [5, 5.41) is 0. The molecule has 1 aliphatic heterocycles. The summed E-state index contributed by atoms with van der Waals surface area (Å²) in [6, 6.07) is 6.72. The Hall–Kier alpha value is -0.930. The van der Waals surface area contributed by atoms with Gasteiger partial charge >= 0.3 is 0 Å². The maximum absolute atomic E-state index is 13.4. The van der Waals surface area contributed by atoms with Crippen LogP contribution in [0.1, 0.15) is 44.6 Å². The van der Waals surface area contributed by atoms with Crippen molar-refractivity contribution in [3.63, 3.8) is 0 Å². The Bertz CT molecular complexity index is 468. The molecule has 3 heteroatoms. The summed E-state index contributed by atoms with van der Waals surface area (Å²) in [5.74, 6) is 0.156. The van der Waals surface area contributed by atoms with Crippen molar-refractivity contribution in [2.45, 2.75) is 50.2 Å². The van der Waals surface area contributed by atoms with Crippen LogP contribution in [0, 0.1) is 11.7 Å². The summed E-state index contributed by atoms with van der Waals surface area (Å²) >= 11 is 0. The molecule has 2 atom stereocenters. The molecule has 2 aliphatic rings. The van der Waals surface area contributed by atoms with Gasteiger partial charge in [-0.15, -0.1) is 0 Å². The van der Waals surface area contributed by atoms with E-state index in [0.717, 1.165) is 37.9 Å². The van der Waals surface area contributed by atoms with E-state index >= 15 is 0 Å². The van der Waals surface area contributed by atoms with Crippen LogP contribution in [0.5, 0.6) is 0 Å². The van der Waals surface area contributed by atoms with E-state index in [9.17, 15) is 4.39 Å². The van der Waals surface area contributed by atoms with Gasteiger partial charge in [0, 0.05) is 12.1 Å². The van der Waals surface area contributed by atoms with Gasteiger partial charge in [-0.05, 0) is 62.6 Å². The van der Waals surface area contributed by atoms with Gasteiger partial charge in [-0.25, -0.2) is 4.39 Å². The van der Waals surface area contributed by atoms with E-state index in [1.54, 1.807) is 12.1 Å². The fourth-order valence-corrected chi connectivity index (χ4v) is 3.52. The smallest absolute Gasteiger partial charge is 0.123 e. The molecule has 2 nitrogen and oxygen atoms in total. The minimum atomic E-state index is -0.478. The van der Waals surface area contributed by atoms with E-state index in [4.69, 9.17) is 10.5 Å². The highest BCUT2D eigenvalue weighted by atomic mass is 19.1. The Labute approximate surface area is 114 Å². The average molecular weight is 263 g/mol. The molecule has 1 saturated heterocycles. The number of halogens is 1. The largest absolute Gasteiger partial charge is 0.375 e. The van der Waals surface area contributed by atoms with Crippen LogP contribution in [0.2, 0.25) is 0 Å². The highest BCUT2D eigenvalue weighted by molar-refractivity contribution is 5.25. The fraction of sp³-hybridized carbons (Fsp3) is 0.625. The van der Waals surface area contributed by atoms with E-state index in [2.05, 4.69) is 0 Å². The maximum atomic E-state index is 13.4. The van der Waals surface area contributed by atoms with Gasteiger partial charge in [0.15, 0.2) is 0 Å². The molecule has 1 aliphatic carbocycles. The van der Waals surface area contributed by atoms with E-state index in [-0.39, 0.29) is 11.4 Å². The first kappa shape index (κ1) is 13.1. The summed E-state index contributed by atoms with van der Waals surface area (Å²) in [6.07, 6.45) is 5.54. The van der Waals surface area contributed by atoms with Crippen LogP contribution in [0.15, 0.2) is 24.3 Å². The second-order valence-electron chi connectivity index (χ2n) is 6.37. The summed E-state index contributed by atoms with van der Waals surface area (Å²) in [4.78, 5) is 0. The third kappa shape index (κ3) is 2.30. The normalized spacial score (nSPS) is 28.7. The van der Waals surface area contributed by atoms with Gasteiger partial charge in [-0.2, -0.15) is 0 Å². The van der Waals surface area contributed by atoms with Crippen molar-refractivity contribution < 1.29 is 9.13 Å². The lowest BCUT2D eigenvalue weighted by Crippen LogP contribution is -2.52. The molecule has 104 valence electrons. The molecule has 1 spiro atoms. The molecular weight excluding hydrogens is 241 g/mol. The molecule has 0 radical (unpaired) electrons. The Morgan fingerprint density at radius 2 is 2.21 bits per heavy atom. The molecule has 2 N–H and O–H groups in total. The third-order valence-corrected chi connectivity index (χ3v) is 5.05. The number of nitrogens with two attached hydrogens (primary N) is 1. The molecule has 1 aromatic carbocycles. The molecular formula is C16H22FNO. The lowest BCUT2D eigenvalue weighted by atomic mass is 9.66. The fourth-order valence-electron chi connectivity index (χ4n) is 3.52. The predicted octanol–water partition coefficient (Wildman–Crippen LogP) is 3.35. The van der Waals surface area contributed by atoms with Gasteiger partial charge < -0.3 is 10.5 Å². The van der Waals surface area contributed by atoms with Gasteiger partial charge in [-0.3, -0.25) is 0 Å². The van der Waals surface area contributed by atoms with Gasteiger partial charge in [0.25, 0.3) is 0 Å². The minimum absolute atomic E-state index is 0.0802. The maximum Gasteiger partial charge on any atom is 0.123 e. The standard InChI is InChI=1S/C16H22FNO/c1-15(18,12-4-2-5-14(17)10-12)13-6-9-19-16(11-13)7-3-8-16/h2,4-5,10,13H,3,6-9,11,18H2,1H3. The van der Waals surface area contributed by atoms with Crippen LogP contribution in [0.3, 0.4) is 0 Å². The van der Waals surface area contributed by atoms with E-state index in [1.165, 1.54) is 12.5 Å². The van der Waals surface area contributed by atoms with E-state index < -0.39 is 5.54 Å². The van der Waals surface area contributed by atoms with Crippen LogP contribution in [-0.4, -0.2) is 12.2 Å². The Morgan fingerprint density at radius 1 is 1.42 bits per heavy atom. The number of hydrogen-bond acceptors (Lipinski definition) is 2. The SMILES string of the molecule is CC(N)(c1cccc(F)c1)C1CCOC2(CCC2)C1. The first-order chi connectivity index (χ1) is 9.02. The van der Waals surface area contributed by atoms with Crippen molar-refractivity contribution in [3.8, 4) is 0 Å². The van der Waals surface area contributed by atoms with Crippen molar-refractivity contribution in [3.05, 3.63) is 35.6 Å². The number of ether oxygens (including phenoxy) is 1. The molecule has 1 saturated carbocycles. The zero-order valence-corrected chi connectivity index (χ0v) is 11.5. The number of rotatable bonds is 2. The number of hydrogen-bond donors (Lipinski definition) is 1. The molecule has 1 heterocycles. The molecule has 2 unspecified atom stereocenters. The molecule has 0 bridgehead atoms. The third-order valence-electron chi connectivity index (χ3n) is 5.05.